The molecule has 2 heterocycles. The summed E-state index contributed by atoms with van der Waals surface area (Å²) in [6, 6.07) is 14.7. The lowest BCUT2D eigenvalue weighted by Crippen LogP contribution is -2.22. The van der Waals surface area contributed by atoms with Crippen LogP contribution in [-0.2, 0) is 6.54 Å². The molecule has 0 atom stereocenters. The normalized spacial score (nSPS) is 10.3. The van der Waals surface area contributed by atoms with Gasteiger partial charge in [0.1, 0.15) is 11.6 Å². The summed E-state index contributed by atoms with van der Waals surface area (Å²) in [6.45, 7) is 0.350. The van der Waals surface area contributed by atoms with Crippen molar-refractivity contribution in [1.29, 1.82) is 0 Å². The van der Waals surface area contributed by atoms with Crippen molar-refractivity contribution in [3.05, 3.63) is 76.8 Å². The fraction of sp³-hybridized carbons (Fsp3) is 0.0588. The van der Waals surface area contributed by atoms with E-state index in [1.807, 2.05) is 30.3 Å². The molecule has 2 aromatic heterocycles. The van der Waals surface area contributed by atoms with E-state index in [9.17, 15) is 4.79 Å². The van der Waals surface area contributed by atoms with Gasteiger partial charge < -0.3 is 15.1 Å². The number of hydrogen-bond donors (Lipinski definition) is 2. The van der Waals surface area contributed by atoms with Gasteiger partial charge in [-0.15, -0.1) is 0 Å². The first kappa shape index (κ1) is 15.3. The van der Waals surface area contributed by atoms with E-state index < -0.39 is 0 Å². The van der Waals surface area contributed by atoms with Crippen LogP contribution < -0.4 is 10.6 Å². The topological polar surface area (TPSA) is 67.2 Å². The van der Waals surface area contributed by atoms with Gasteiger partial charge in [-0.1, -0.05) is 22.0 Å². The van der Waals surface area contributed by atoms with Crippen molar-refractivity contribution in [2.75, 3.05) is 5.32 Å². The predicted octanol–water partition coefficient (Wildman–Crippen LogP) is 4.11. The number of benzene rings is 1. The maximum absolute atomic E-state index is 12.2. The lowest BCUT2D eigenvalue weighted by molar-refractivity contribution is 0.0948. The molecule has 3 rings (SSSR count). The third-order valence-corrected chi connectivity index (χ3v) is 3.62. The van der Waals surface area contributed by atoms with E-state index in [2.05, 4.69) is 31.5 Å². The van der Waals surface area contributed by atoms with E-state index in [1.165, 1.54) is 0 Å². The number of pyridine rings is 1. The summed E-state index contributed by atoms with van der Waals surface area (Å²) in [6.07, 6.45) is 3.18. The molecule has 0 fully saturated rings. The summed E-state index contributed by atoms with van der Waals surface area (Å²) in [7, 11) is 0. The number of carbonyl (C=O) groups excluding carboxylic acids is 1. The van der Waals surface area contributed by atoms with E-state index >= 15 is 0 Å². The Labute approximate surface area is 141 Å². The third kappa shape index (κ3) is 4.20. The summed E-state index contributed by atoms with van der Waals surface area (Å²) >= 11 is 3.42. The Morgan fingerprint density at radius 2 is 2.09 bits per heavy atom. The van der Waals surface area contributed by atoms with Crippen molar-refractivity contribution in [3.8, 4) is 0 Å². The lowest BCUT2D eigenvalue weighted by atomic mass is 10.2. The molecule has 0 unspecified atom stereocenters. The minimum Gasteiger partial charge on any atom is -0.467 e. The first-order valence-electron chi connectivity index (χ1n) is 7.00. The van der Waals surface area contributed by atoms with Crippen LogP contribution in [0.1, 0.15) is 16.1 Å². The minimum absolute atomic E-state index is 0.180. The van der Waals surface area contributed by atoms with Gasteiger partial charge in [-0.2, -0.15) is 0 Å². The zero-order valence-electron chi connectivity index (χ0n) is 12.1. The van der Waals surface area contributed by atoms with Gasteiger partial charge >= 0.3 is 0 Å². The molecular formula is C17H14BrN3O2. The number of nitrogens with zero attached hydrogens (tertiary/aromatic N) is 1. The van der Waals surface area contributed by atoms with Gasteiger partial charge in [-0.3, -0.25) is 4.79 Å². The number of carbonyl (C=O) groups is 1. The van der Waals surface area contributed by atoms with Crippen LogP contribution in [0.25, 0.3) is 0 Å². The van der Waals surface area contributed by atoms with E-state index in [4.69, 9.17) is 4.42 Å². The number of aromatic nitrogens is 1. The second-order valence-corrected chi connectivity index (χ2v) is 5.74. The molecule has 5 nitrogen and oxygen atoms in total. The second-order valence-electron chi connectivity index (χ2n) is 4.83. The van der Waals surface area contributed by atoms with Gasteiger partial charge in [0.2, 0.25) is 0 Å². The largest absolute Gasteiger partial charge is 0.467 e. The van der Waals surface area contributed by atoms with Gasteiger partial charge in [0, 0.05) is 21.9 Å². The van der Waals surface area contributed by atoms with E-state index in [0.717, 1.165) is 10.2 Å². The summed E-state index contributed by atoms with van der Waals surface area (Å²) in [5.41, 5.74) is 1.42. The summed E-state index contributed by atoms with van der Waals surface area (Å²) in [5.74, 6) is 1.13. The molecule has 0 spiro atoms. The van der Waals surface area contributed by atoms with E-state index in [-0.39, 0.29) is 5.91 Å². The molecule has 116 valence electrons. The Morgan fingerprint density at radius 3 is 2.87 bits per heavy atom. The van der Waals surface area contributed by atoms with Crippen LogP contribution in [-0.4, -0.2) is 10.9 Å². The van der Waals surface area contributed by atoms with Crippen LogP contribution in [0, 0.1) is 0 Å². The number of halogens is 1. The highest BCUT2D eigenvalue weighted by molar-refractivity contribution is 9.10. The molecule has 0 aliphatic carbocycles. The van der Waals surface area contributed by atoms with Gasteiger partial charge in [0.25, 0.3) is 5.91 Å². The molecule has 0 radical (unpaired) electrons. The Bertz CT molecular complexity index is 803. The number of anilines is 2. The number of hydrogen-bond acceptors (Lipinski definition) is 4. The van der Waals surface area contributed by atoms with Crippen LogP contribution >= 0.6 is 15.9 Å². The average Bonchev–Trinajstić information content (AvgIpc) is 3.06. The molecule has 0 bridgehead atoms. The molecule has 0 saturated heterocycles. The maximum atomic E-state index is 12.2. The molecule has 3 aromatic rings. The highest BCUT2D eigenvalue weighted by Crippen LogP contribution is 2.19. The molecule has 1 aromatic carbocycles. The first-order chi connectivity index (χ1) is 11.2. The average molecular weight is 372 g/mol. The number of rotatable bonds is 5. The SMILES string of the molecule is O=C(NCc1ccco1)c1ccnc(Nc2cccc(Br)c2)c1. The molecule has 0 saturated carbocycles. The van der Waals surface area contributed by atoms with Crippen molar-refractivity contribution in [2.24, 2.45) is 0 Å². The van der Waals surface area contributed by atoms with Crippen molar-refractivity contribution in [3.63, 3.8) is 0 Å². The highest BCUT2D eigenvalue weighted by Gasteiger charge is 2.08. The zero-order valence-corrected chi connectivity index (χ0v) is 13.7. The minimum atomic E-state index is -0.180. The maximum Gasteiger partial charge on any atom is 0.251 e. The third-order valence-electron chi connectivity index (χ3n) is 3.12. The molecular weight excluding hydrogens is 358 g/mol. The molecule has 23 heavy (non-hydrogen) atoms. The molecule has 1 amide bonds. The van der Waals surface area contributed by atoms with Crippen LogP contribution in [0.5, 0.6) is 0 Å². The zero-order chi connectivity index (χ0) is 16.1. The number of furan rings is 1. The second kappa shape index (κ2) is 7.11. The quantitative estimate of drug-likeness (QED) is 0.707. The Balaban J connectivity index is 1.68. The number of nitrogens with one attached hydrogen (secondary N) is 2. The Hall–Kier alpha value is -2.60. The van der Waals surface area contributed by atoms with Crippen LogP contribution in [0.15, 0.2) is 69.9 Å². The highest BCUT2D eigenvalue weighted by atomic mass is 79.9. The Morgan fingerprint density at radius 1 is 1.17 bits per heavy atom. The van der Waals surface area contributed by atoms with Crippen molar-refractivity contribution in [2.45, 2.75) is 6.54 Å². The van der Waals surface area contributed by atoms with Gasteiger partial charge in [0.05, 0.1) is 12.8 Å². The summed E-state index contributed by atoms with van der Waals surface area (Å²) < 4.78 is 6.16. The smallest absolute Gasteiger partial charge is 0.251 e. The summed E-state index contributed by atoms with van der Waals surface area (Å²) in [4.78, 5) is 16.4. The van der Waals surface area contributed by atoms with Crippen molar-refractivity contribution in [1.82, 2.24) is 10.3 Å². The fourth-order valence-corrected chi connectivity index (χ4v) is 2.44. The van der Waals surface area contributed by atoms with Crippen LogP contribution in [0.3, 0.4) is 0 Å². The van der Waals surface area contributed by atoms with Crippen LogP contribution in [0.4, 0.5) is 11.5 Å². The van der Waals surface area contributed by atoms with Crippen LogP contribution in [0.2, 0.25) is 0 Å². The van der Waals surface area contributed by atoms with E-state index in [0.29, 0.717) is 23.7 Å². The van der Waals surface area contributed by atoms with Crippen molar-refractivity contribution >= 4 is 33.3 Å². The molecule has 0 aliphatic rings. The standard InChI is InChI=1S/C17H14BrN3O2/c18-13-3-1-4-14(10-13)21-16-9-12(6-7-19-16)17(22)20-11-15-5-2-8-23-15/h1-10H,11H2,(H,19,21)(H,20,22). The van der Waals surface area contributed by atoms with E-state index in [1.54, 1.807) is 30.7 Å². The summed E-state index contributed by atoms with van der Waals surface area (Å²) in [5, 5.41) is 5.98. The lowest BCUT2D eigenvalue weighted by Gasteiger charge is -2.08. The molecule has 6 heteroatoms. The van der Waals surface area contributed by atoms with Crippen molar-refractivity contribution < 1.29 is 9.21 Å². The predicted molar refractivity (Wildman–Crippen MR) is 91.5 cm³/mol. The number of amides is 1. The molecule has 2 N–H and O–H groups in total. The van der Waals surface area contributed by atoms with Gasteiger partial charge in [0.15, 0.2) is 0 Å². The Kier molecular flexibility index (Phi) is 4.73. The fourth-order valence-electron chi connectivity index (χ4n) is 2.04. The monoisotopic (exact) mass is 371 g/mol. The van der Waals surface area contributed by atoms with Gasteiger partial charge in [-0.25, -0.2) is 4.98 Å². The first-order valence-corrected chi connectivity index (χ1v) is 7.79. The molecule has 0 aliphatic heterocycles. The van der Waals surface area contributed by atoms with Gasteiger partial charge in [-0.05, 0) is 42.5 Å².